The van der Waals surface area contributed by atoms with Gasteiger partial charge in [0.05, 0.1) is 5.56 Å². The molecule has 1 aromatic carbocycles. The van der Waals surface area contributed by atoms with Gasteiger partial charge in [-0.2, -0.15) is 0 Å². The topological polar surface area (TPSA) is 63.3 Å². The summed E-state index contributed by atoms with van der Waals surface area (Å²) in [6, 6.07) is 6.36. The Balaban J connectivity index is 0. The molecule has 0 aliphatic rings. The number of carboxylic acid groups (broad SMARTS) is 1. The predicted octanol–water partition coefficient (Wildman–Crippen LogP) is -0.330. The van der Waals surface area contributed by atoms with E-state index in [1.165, 1.54) is 6.07 Å². The van der Waals surface area contributed by atoms with E-state index in [2.05, 4.69) is 0 Å². The number of rotatable bonds is 1. The third-order valence-corrected chi connectivity index (χ3v) is 1.19. The fraction of sp³-hybridized carbons (Fsp3) is 0. The van der Waals surface area contributed by atoms with E-state index in [4.69, 9.17) is 10.8 Å². The summed E-state index contributed by atoms with van der Waals surface area (Å²) < 4.78 is 0. The molecular formula is C7H9K2NO2. The minimum atomic E-state index is -0.988. The third kappa shape index (κ3) is 4.85. The minimum absolute atomic E-state index is 0. The number of hydrogen-bond donors (Lipinski definition) is 2. The van der Waals surface area contributed by atoms with E-state index >= 15 is 0 Å². The number of carbonyl (C=O) groups is 1. The summed E-state index contributed by atoms with van der Waals surface area (Å²) >= 11 is 0. The summed E-state index contributed by atoms with van der Waals surface area (Å²) in [6.07, 6.45) is 0. The van der Waals surface area contributed by atoms with Crippen LogP contribution in [0.5, 0.6) is 0 Å². The van der Waals surface area contributed by atoms with Crippen molar-refractivity contribution in [2.45, 2.75) is 0 Å². The quantitative estimate of drug-likeness (QED) is 0.500. The normalized spacial score (nSPS) is 7.67. The zero-order chi connectivity index (χ0) is 7.56. The molecule has 0 amide bonds. The molecular weight excluding hydrogens is 208 g/mol. The summed E-state index contributed by atoms with van der Waals surface area (Å²) in [5, 5.41) is 8.49. The molecule has 5 heteroatoms. The summed E-state index contributed by atoms with van der Waals surface area (Å²) in [6.45, 7) is 0. The predicted molar refractivity (Wildman–Crippen MR) is 52.1 cm³/mol. The van der Waals surface area contributed by atoms with Gasteiger partial charge in [-0.15, -0.1) is 0 Å². The molecule has 0 aliphatic heterocycles. The zero-order valence-corrected chi connectivity index (χ0v) is 5.24. The number of aromatic carboxylic acids is 1. The molecule has 0 bridgehead atoms. The number of benzene rings is 1. The first-order valence-electron chi connectivity index (χ1n) is 2.79. The van der Waals surface area contributed by atoms with Crippen molar-refractivity contribution in [1.82, 2.24) is 0 Å². The average Bonchev–Trinajstić information content (AvgIpc) is 1.88. The molecule has 0 saturated carbocycles. The number of anilines is 1. The maximum absolute atomic E-state index is 10.3. The van der Waals surface area contributed by atoms with Gasteiger partial charge >= 0.3 is 109 Å². The van der Waals surface area contributed by atoms with Crippen molar-refractivity contribution in [1.29, 1.82) is 0 Å². The van der Waals surface area contributed by atoms with Crippen LogP contribution < -0.4 is 5.73 Å². The summed E-state index contributed by atoms with van der Waals surface area (Å²) in [7, 11) is 0. The number of para-hydroxylation sites is 1. The summed E-state index contributed by atoms with van der Waals surface area (Å²) in [4.78, 5) is 10.3. The van der Waals surface area contributed by atoms with Crippen LogP contribution in [0.25, 0.3) is 0 Å². The van der Waals surface area contributed by atoms with Crippen LogP contribution in [0, 0.1) is 0 Å². The Bertz CT molecular complexity index is 265. The molecule has 0 spiro atoms. The SMILES string of the molecule is Nc1ccccc1C(=O)O.[KH].[KH]. The van der Waals surface area contributed by atoms with E-state index < -0.39 is 5.97 Å². The van der Waals surface area contributed by atoms with Gasteiger partial charge in [0, 0.05) is 5.69 Å². The molecule has 12 heavy (non-hydrogen) atoms. The molecule has 56 valence electrons. The molecule has 1 aromatic rings. The van der Waals surface area contributed by atoms with Gasteiger partial charge < -0.3 is 10.8 Å². The van der Waals surface area contributed by atoms with E-state index in [9.17, 15) is 4.79 Å². The Morgan fingerprint density at radius 1 is 1.25 bits per heavy atom. The second-order valence-electron chi connectivity index (χ2n) is 1.89. The third-order valence-electron chi connectivity index (χ3n) is 1.19. The number of hydrogen-bond acceptors (Lipinski definition) is 2. The number of nitrogens with two attached hydrogens (primary N) is 1. The van der Waals surface area contributed by atoms with Gasteiger partial charge in [0.25, 0.3) is 0 Å². The standard InChI is InChI=1S/C7H7NO2.2K.2H/c8-6-4-2-1-3-5(6)7(9)10;;;;/h1-4H,8H2,(H,9,10);;;;. The van der Waals surface area contributed by atoms with Crippen molar-refractivity contribution >= 4 is 114 Å². The van der Waals surface area contributed by atoms with Crippen LogP contribution in [0.2, 0.25) is 0 Å². The fourth-order valence-corrected chi connectivity index (χ4v) is 0.692. The van der Waals surface area contributed by atoms with Crippen molar-refractivity contribution in [2.75, 3.05) is 5.73 Å². The molecule has 0 aromatic heterocycles. The van der Waals surface area contributed by atoms with Crippen molar-refractivity contribution in [3.05, 3.63) is 29.8 Å². The molecule has 0 heterocycles. The van der Waals surface area contributed by atoms with Crippen LogP contribution in [-0.2, 0) is 0 Å². The van der Waals surface area contributed by atoms with Crippen LogP contribution >= 0.6 is 0 Å². The van der Waals surface area contributed by atoms with Gasteiger partial charge in [0.1, 0.15) is 0 Å². The van der Waals surface area contributed by atoms with E-state index in [0.29, 0.717) is 5.69 Å². The van der Waals surface area contributed by atoms with Gasteiger partial charge in [0.2, 0.25) is 0 Å². The van der Waals surface area contributed by atoms with E-state index in [1.54, 1.807) is 18.2 Å². The van der Waals surface area contributed by atoms with Gasteiger partial charge in [0.15, 0.2) is 0 Å². The Labute approximate surface area is 156 Å². The van der Waals surface area contributed by atoms with Crippen LogP contribution in [0.3, 0.4) is 0 Å². The first kappa shape index (κ1) is 16.2. The maximum atomic E-state index is 10.3. The van der Waals surface area contributed by atoms with Crippen LogP contribution in [0.15, 0.2) is 24.3 Å². The van der Waals surface area contributed by atoms with Gasteiger partial charge in [-0.05, 0) is 12.1 Å². The van der Waals surface area contributed by atoms with Crippen molar-refractivity contribution in [3.8, 4) is 0 Å². The Morgan fingerprint density at radius 3 is 2.08 bits per heavy atom. The number of carboxylic acids is 1. The summed E-state index contributed by atoms with van der Waals surface area (Å²) in [5.41, 5.74) is 5.80. The monoisotopic (exact) mass is 217 g/mol. The molecule has 0 atom stereocenters. The molecule has 0 unspecified atom stereocenters. The molecule has 3 nitrogen and oxygen atoms in total. The Morgan fingerprint density at radius 2 is 1.75 bits per heavy atom. The summed E-state index contributed by atoms with van der Waals surface area (Å²) in [5.74, 6) is -0.988. The van der Waals surface area contributed by atoms with Crippen LogP contribution in [-0.4, -0.2) is 114 Å². The molecule has 0 aliphatic carbocycles. The molecule has 1 rings (SSSR count). The average molecular weight is 217 g/mol. The van der Waals surface area contributed by atoms with Crippen molar-refractivity contribution in [3.63, 3.8) is 0 Å². The van der Waals surface area contributed by atoms with E-state index in [1.807, 2.05) is 0 Å². The van der Waals surface area contributed by atoms with Crippen molar-refractivity contribution < 1.29 is 9.90 Å². The van der Waals surface area contributed by atoms with Gasteiger partial charge in [-0.3, -0.25) is 0 Å². The molecule has 3 N–H and O–H groups in total. The van der Waals surface area contributed by atoms with Crippen LogP contribution in [0.1, 0.15) is 10.4 Å². The van der Waals surface area contributed by atoms with Crippen molar-refractivity contribution in [2.24, 2.45) is 0 Å². The molecule has 0 fully saturated rings. The Kier molecular flexibility index (Phi) is 10.9. The second-order valence-corrected chi connectivity index (χ2v) is 1.89. The Hall–Kier alpha value is 1.76. The van der Waals surface area contributed by atoms with Gasteiger partial charge in [-0.25, -0.2) is 4.79 Å². The van der Waals surface area contributed by atoms with Crippen LogP contribution in [0.4, 0.5) is 5.69 Å². The van der Waals surface area contributed by atoms with E-state index in [0.717, 1.165) is 0 Å². The first-order chi connectivity index (χ1) is 4.72. The molecule has 0 saturated heterocycles. The zero-order valence-electron chi connectivity index (χ0n) is 5.24. The first-order valence-corrected chi connectivity index (χ1v) is 2.79. The van der Waals surface area contributed by atoms with Gasteiger partial charge in [-0.1, -0.05) is 12.1 Å². The van der Waals surface area contributed by atoms with E-state index in [-0.39, 0.29) is 108 Å². The fourth-order valence-electron chi connectivity index (χ4n) is 0.692. The second kappa shape index (κ2) is 8.10. The molecule has 0 radical (unpaired) electrons. The number of nitrogen functional groups attached to an aromatic ring is 1.